The molecule has 4 aromatic rings. The van der Waals surface area contributed by atoms with Crippen molar-refractivity contribution in [2.45, 2.75) is 19.0 Å². The normalized spacial score (nSPS) is 11.8. The smallest absolute Gasteiger partial charge is 0.284 e. The van der Waals surface area contributed by atoms with Gasteiger partial charge in [0.2, 0.25) is 5.91 Å². The number of carbonyl (C=O) groups excluding carboxylic acids is 2. The van der Waals surface area contributed by atoms with Gasteiger partial charge >= 0.3 is 0 Å². The first-order valence-electron chi connectivity index (χ1n) is 10.2. The van der Waals surface area contributed by atoms with Crippen molar-refractivity contribution in [3.05, 3.63) is 101 Å². The van der Waals surface area contributed by atoms with Crippen molar-refractivity contribution in [1.82, 2.24) is 10.8 Å². The van der Waals surface area contributed by atoms with E-state index >= 15 is 0 Å². The van der Waals surface area contributed by atoms with Crippen LogP contribution in [0.25, 0.3) is 10.1 Å². The molecular formula is C25H23N3O3S. The number of carbonyl (C=O) groups is 2. The molecule has 0 spiro atoms. The Morgan fingerprint density at radius 3 is 2.25 bits per heavy atom. The molecule has 0 saturated carbocycles. The molecule has 0 saturated heterocycles. The summed E-state index contributed by atoms with van der Waals surface area (Å²) >= 11 is 1.27. The summed E-state index contributed by atoms with van der Waals surface area (Å²) in [6, 6.07) is 26.6. The van der Waals surface area contributed by atoms with Crippen molar-refractivity contribution < 1.29 is 14.8 Å². The Morgan fingerprint density at radius 1 is 0.875 bits per heavy atom. The van der Waals surface area contributed by atoms with Gasteiger partial charge in [-0.2, -0.15) is 0 Å². The number of rotatable bonds is 8. The second-order valence-corrected chi connectivity index (χ2v) is 8.49. The zero-order valence-electron chi connectivity index (χ0n) is 17.2. The fraction of sp³-hybridized carbons (Fsp3) is 0.120. The van der Waals surface area contributed by atoms with Gasteiger partial charge in [0.05, 0.1) is 10.9 Å². The molecule has 0 bridgehead atoms. The van der Waals surface area contributed by atoms with Crippen LogP contribution in [0.3, 0.4) is 0 Å². The van der Waals surface area contributed by atoms with Crippen molar-refractivity contribution in [2.75, 3.05) is 5.32 Å². The van der Waals surface area contributed by atoms with Gasteiger partial charge in [-0.1, -0.05) is 60.7 Å². The van der Waals surface area contributed by atoms with E-state index in [0.717, 1.165) is 21.2 Å². The number of benzene rings is 3. The molecule has 4 rings (SSSR count). The highest BCUT2D eigenvalue weighted by Crippen LogP contribution is 2.28. The number of fused-ring (bicyclic) bond motifs is 1. The van der Waals surface area contributed by atoms with Crippen LogP contribution >= 0.6 is 11.3 Å². The van der Waals surface area contributed by atoms with Gasteiger partial charge in [0, 0.05) is 16.9 Å². The minimum Gasteiger partial charge on any atom is -0.325 e. The summed E-state index contributed by atoms with van der Waals surface area (Å²) in [6.45, 7) is 0.578. The molecule has 1 atom stereocenters. The third-order valence-corrected chi connectivity index (χ3v) is 6.22. The predicted octanol–water partition coefficient (Wildman–Crippen LogP) is 4.36. The first-order chi connectivity index (χ1) is 15.6. The minimum atomic E-state index is -0.551. The van der Waals surface area contributed by atoms with Crippen LogP contribution in [-0.4, -0.2) is 23.1 Å². The Morgan fingerprint density at radius 2 is 1.56 bits per heavy atom. The van der Waals surface area contributed by atoms with E-state index in [-0.39, 0.29) is 5.91 Å². The van der Waals surface area contributed by atoms with E-state index in [2.05, 4.69) is 10.6 Å². The molecule has 0 fully saturated rings. The molecule has 2 amide bonds. The standard InChI is InChI=1S/C25H23N3O3S/c29-24(27-20-11-12-22-19(14-20)15-23(32-22)25(30)28-31)21(13-17-7-3-1-4-8-17)26-16-18-9-5-2-6-10-18/h1-12,14-15,21,26,31H,13,16H2,(H,27,29)(H,28,30)/t21-/m0/s1. The molecule has 0 aliphatic rings. The fourth-order valence-electron chi connectivity index (χ4n) is 3.46. The van der Waals surface area contributed by atoms with E-state index in [1.807, 2.05) is 78.9 Å². The third-order valence-electron chi connectivity index (χ3n) is 5.10. The summed E-state index contributed by atoms with van der Waals surface area (Å²) in [7, 11) is 0. The SMILES string of the molecule is O=C(NO)c1cc2cc(NC(=O)[C@H](Cc3ccccc3)NCc3ccccc3)ccc2s1. The van der Waals surface area contributed by atoms with Gasteiger partial charge in [-0.3, -0.25) is 14.8 Å². The summed E-state index contributed by atoms with van der Waals surface area (Å²) in [5.74, 6) is -0.683. The van der Waals surface area contributed by atoms with Crippen LogP contribution in [0.1, 0.15) is 20.8 Å². The summed E-state index contributed by atoms with van der Waals surface area (Å²) in [5, 5.41) is 16.0. The Hall–Kier alpha value is -3.52. The Bertz CT molecular complexity index is 1210. The van der Waals surface area contributed by atoms with Crippen molar-refractivity contribution in [2.24, 2.45) is 0 Å². The van der Waals surface area contributed by atoms with Crippen LogP contribution in [0, 0.1) is 0 Å². The molecule has 32 heavy (non-hydrogen) atoms. The first-order valence-corrected chi connectivity index (χ1v) is 11.0. The van der Waals surface area contributed by atoms with Crippen LogP contribution in [0.5, 0.6) is 0 Å². The van der Waals surface area contributed by atoms with Gasteiger partial charge < -0.3 is 10.6 Å². The lowest BCUT2D eigenvalue weighted by Crippen LogP contribution is -2.41. The zero-order valence-corrected chi connectivity index (χ0v) is 18.1. The average molecular weight is 446 g/mol. The van der Waals surface area contributed by atoms with E-state index in [1.165, 1.54) is 11.3 Å². The lowest BCUT2D eigenvalue weighted by atomic mass is 10.0. The number of hydrogen-bond donors (Lipinski definition) is 4. The highest BCUT2D eigenvalue weighted by atomic mass is 32.1. The van der Waals surface area contributed by atoms with Crippen molar-refractivity contribution in [3.63, 3.8) is 0 Å². The summed E-state index contributed by atoms with van der Waals surface area (Å²) in [6.07, 6.45) is 0.557. The Labute approximate surface area is 189 Å². The van der Waals surface area contributed by atoms with Crippen molar-refractivity contribution in [1.29, 1.82) is 0 Å². The topological polar surface area (TPSA) is 90.5 Å². The maximum Gasteiger partial charge on any atom is 0.284 e. The van der Waals surface area contributed by atoms with Crippen LogP contribution in [-0.2, 0) is 17.8 Å². The molecule has 0 radical (unpaired) electrons. The van der Waals surface area contributed by atoms with E-state index in [9.17, 15) is 9.59 Å². The Kier molecular flexibility index (Phi) is 6.91. The molecule has 3 aromatic carbocycles. The van der Waals surface area contributed by atoms with Crippen LogP contribution < -0.4 is 16.1 Å². The fourth-order valence-corrected chi connectivity index (χ4v) is 4.39. The molecule has 0 aliphatic heterocycles. The van der Waals surface area contributed by atoms with Gasteiger partial charge in [0.15, 0.2) is 0 Å². The molecule has 0 aliphatic carbocycles. The number of anilines is 1. The summed E-state index contributed by atoms with van der Waals surface area (Å²) < 4.78 is 0.893. The lowest BCUT2D eigenvalue weighted by molar-refractivity contribution is -0.118. The Balaban J connectivity index is 1.51. The molecule has 1 heterocycles. The third kappa shape index (κ3) is 5.39. The van der Waals surface area contributed by atoms with E-state index < -0.39 is 11.9 Å². The number of hydrogen-bond acceptors (Lipinski definition) is 5. The van der Waals surface area contributed by atoms with Crippen molar-refractivity contribution >= 4 is 38.9 Å². The van der Waals surface area contributed by atoms with Crippen LogP contribution in [0.4, 0.5) is 5.69 Å². The zero-order chi connectivity index (χ0) is 22.3. The molecule has 7 heteroatoms. The van der Waals surface area contributed by atoms with Gasteiger partial charge in [0.25, 0.3) is 5.91 Å². The second kappa shape index (κ2) is 10.2. The maximum atomic E-state index is 13.2. The summed E-state index contributed by atoms with van der Waals surface area (Å²) in [5.41, 5.74) is 4.47. The minimum absolute atomic E-state index is 0.132. The van der Waals surface area contributed by atoms with Gasteiger partial charge in [-0.15, -0.1) is 11.3 Å². The number of thiophene rings is 1. The van der Waals surface area contributed by atoms with Crippen LogP contribution in [0.2, 0.25) is 0 Å². The monoisotopic (exact) mass is 445 g/mol. The molecule has 162 valence electrons. The van der Waals surface area contributed by atoms with E-state index in [4.69, 9.17) is 5.21 Å². The van der Waals surface area contributed by atoms with Gasteiger partial charge in [-0.25, -0.2) is 5.48 Å². The highest BCUT2D eigenvalue weighted by molar-refractivity contribution is 7.20. The largest absolute Gasteiger partial charge is 0.325 e. The average Bonchev–Trinajstić information content (AvgIpc) is 3.26. The highest BCUT2D eigenvalue weighted by Gasteiger charge is 2.19. The number of amides is 2. The summed E-state index contributed by atoms with van der Waals surface area (Å²) in [4.78, 5) is 25.2. The van der Waals surface area contributed by atoms with E-state index in [1.54, 1.807) is 11.5 Å². The van der Waals surface area contributed by atoms with Gasteiger partial charge in [-0.05, 0) is 47.2 Å². The molecule has 6 nitrogen and oxygen atoms in total. The number of nitrogens with one attached hydrogen (secondary N) is 3. The number of hydroxylamine groups is 1. The first kappa shape index (κ1) is 21.7. The predicted molar refractivity (Wildman–Crippen MR) is 127 cm³/mol. The van der Waals surface area contributed by atoms with Crippen LogP contribution in [0.15, 0.2) is 84.9 Å². The van der Waals surface area contributed by atoms with Crippen molar-refractivity contribution in [3.8, 4) is 0 Å². The second-order valence-electron chi connectivity index (χ2n) is 7.40. The lowest BCUT2D eigenvalue weighted by Gasteiger charge is -2.19. The molecule has 0 unspecified atom stereocenters. The molecule has 1 aromatic heterocycles. The molecular weight excluding hydrogens is 422 g/mol. The quantitative estimate of drug-likeness (QED) is 0.240. The van der Waals surface area contributed by atoms with E-state index in [0.29, 0.717) is 23.5 Å². The molecule has 4 N–H and O–H groups in total. The maximum absolute atomic E-state index is 13.2. The van der Waals surface area contributed by atoms with Gasteiger partial charge in [0.1, 0.15) is 0 Å².